The Morgan fingerprint density at radius 2 is 2.12 bits per heavy atom. The summed E-state index contributed by atoms with van der Waals surface area (Å²) in [5.74, 6) is 0.0525. The molecule has 1 aliphatic heterocycles. The SMILES string of the molecule is NCCC1C(=O)NCCN1c1ccc(Cl)cc1. The molecule has 0 saturated carbocycles. The lowest BCUT2D eigenvalue weighted by molar-refractivity contribution is -0.123. The van der Waals surface area contributed by atoms with Crippen molar-refractivity contribution in [3.63, 3.8) is 0 Å². The van der Waals surface area contributed by atoms with Crippen molar-refractivity contribution in [2.24, 2.45) is 5.73 Å². The van der Waals surface area contributed by atoms with Gasteiger partial charge in [-0.3, -0.25) is 4.79 Å². The van der Waals surface area contributed by atoms with E-state index >= 15 is 0 Å². The Bertz CT molecular complexity index is 393. The fraction of sp³-hybridized carbons (Fsp3) is 0.417. The lowest BCUT2D eigenvalue weighted by Crippen LogP contribution is -2.56. The van der Waals surface area contributed by atoms with Crippen LogP contribution in [-0.4, -0.2) is 31.6 Å². The number of amides is 1. The molecule has 1 aromatic carbocycles. The summed E-state index contributed by atoms with van der Waals surface area (Å²) in [6.07, 6.45) is 0.661. The van der Waals surface area contributed by atoms with Gasteiger partial charge in [0.1, 0.15) is 6.04 Å². The van der Waals surface area contributed by atoms with Crippen LogP contribution in [0.5, 0.6) is 0 Å². The number of piperazine rings is 1. The minimum Gasteiger partial charge on any atom is -0.358 e. The smallest absolute Gasteiger partial charge is 0.242 e. The van der Waals surface area contributed by atoms with Crippen LogP contribution in [0.1, 0.15) is 6.42 Å². The fourth-order valence-electron chi connectivity index (χ4n) is 2.10. The Labute approximate surface area is 106 Å². The topological polar surface area (TPSA) is 58.4 Å². The number of hydrogen-bond acceptors (Lipinski definition) is 3. The first kappa shape index (κ1) is 12.2. The molecule has 1 aromatic rings. The maximum Gasteiger partial charge on any atom is 0.242 e. The Kier molecular flexibility index (Phi) is 3.86. The zero-order chi connectivity index (χ0) is 12.3. The highest BCUT2D eigenvalue weighted by Crippen LogP contribution is 2.22. The van der Waals surface area contributed by atoms with E-state index in [1.807, 2.05) is 24.3 Å². The normalized spacial score (nSPS) is 20.2. The number of hydrogen-bond donors (Lipinski definition) is 2. The molecule has 92 valence electrons. The highest BCUT2D eigenvalue weighted by Gasteiger charge is 2.28. The first-order chi connectivity index (χ1) is 8.22. The number of carbonyl (C=O) groups excluding carboxylic acids is 1. The molecule has 1 heterocycles. The molecule has 1 saturated heterocycles. The Hall–Kier alpha value is -1.26. The fourth-order valence-corrected chi connectivity index (χ4v) is 2.23. The zero-order valence-electron chi connectivity index (χ0n) is 9.53. The molecule has 0 aromatic heterocycles. The lowest BCUT2D eigenvalue weighted by Gasteiger charge is -2.36. The zero-order valence-corrected chi connectivity index (χ0v) is 10.3. The third-order valence-electron chi connectivity index (χ3n) is 2.93. The van der Waals surface area contributed by atoms with Crippen LogP contribution in [0.4, 0.5) is 5.69 Å². The van der Waals surface area contributed by atoms with Crippen molar-refractivity contribution in [3.8, 4) is 0 Å². The van der Waals surface area contributed by atoms with Crippen LogP contribution in [0.25, 0.3) is 0 Å². The first-order valence-electron chi connectivity index (χ1n) is 5.72. The number of halogens is 1. The van der Waals surface area contributed by atoms with Crippen molar-refractivity contribution < 1.29 is 4.79 Å². The molecule has 17 heavy (non-hydrogen) atoms. The van der Waals surface area contributed by atoms with Crippen LogP contribution in [-0.2, 0) is 4.79 Å². The van der Waals surface area contributed by atoms with E-state index in [9.17, 15) is 4.79 Å². The molecular formula is C12H16ClN3O. The molecular weight excluding hydrogens is 238 g/mol. The van der Waals surface area contributed by atoms with Gasteiger partial charge in [-0.25, -0.2) is 0 Å². The van der Waals surface area contributed by atoms with Gasteiger partial charge >= 0.3 is 0 Å². The molecule has 1 atom stereocenters. The number of nitrogens with two attached hydrogens (primary N) is 1. The molecule has 0 radical (unpaired) electrons. The third kappa shape index (κ3) is 2.70. The maximum absolute atomic E-state index is 11.8. The van der Waals surface area contributed by atoms with E-state index < -0.39 is 0 Å². The second-order valence-electron chi connectivity index (χ2n) is 4.05. The van der Waals surface area contributed by atoms with Gasteiger partial charge < -0.3 is 16.0 Å². The van der Waals surface area contributed by atoms with Crippen molar-refractivity contribution in [1.82, 2.24) is 5.32 Å². The molecule has 1 amide bonds. The summed E-state index contributed by atoms with van der Waals surface area (Å²) >= 11 is 5.86. The molecule has 2 rings (SSSR count). The molecule has 0 bridgehead atoms. The predicted octanol–water partition coefficient (Wildman–Crippen LogP) is 0.994. The molecule has 1 aliphatic rings. The molecule has 1 fully saturated rings. The standard InChI is InChI=1S/C12H16ClN3O/c13-9-1-3-10(4-2-9)16-8-7-15-12(17)11(16)5-6-14/h1-4,11H,5-8,14H2,(H,15,17). The average Bonchev–Trinajstić information content (AvgIpc) is 2.33. The summed E-state index contributed by atoms with van der Waals surface area (Å²) in [5, 5.41) is 3.57. The number of nitrogens with one attached hydrogen (secondary N) is 1. The van der Waals surface area contributed by atoms with Gasteiger partial charge in [-0.2, -0.15) is 0 Å². The quantitative estimate of drug-likeness (QED) is 0.845. The van der Waals surface area contributed by atoms with Crippen LogP contribution in [0.15, 0.2) is 24.3 Å². The van der Waals surface area contributed by atoms with Gasteiger partial charge in [0.15, 0.2) is 0 Å². The van der Waals surface area contributed by atoms with Crippen LogP contribution in [0.2, 0.25) is 5.02 Å². The van der Waals surface area contributed by atoms with Crippen molar-refractivity contribution in [3.05, 3.63) is 29.3 Å². The second kappa shape index (κ2) is 5.38. The minimum atomic E-state index is -0.171. The number of carbonyl (C=O) groups is 1. The molecule has 1 unspecified atom stereocenters. The monoisotopic (exact) mass is 253 g/mol. The van der Waals surface area contributed by atoms with E-state index in [0.717, 1.165) is 12.2 Å². The van der Waals surface area contributed by atoms with Crippen molar-refractivity contribution in [1.29, 1.82) is 0 Å². The summed E-state index contributed by atoms with van der Waals surface area (Å²) in [4.78, 5) is 13.9. The Balaban J connectivity index is 2.21. The van der Waals surface area contributed by atoms with Crippen molar-refractivity contribution >= 4 is 23.2 Å². The summed E-state index contributed by atoms with van der Waals surface area (Å²) in [6, 6.07) is 7.37. The molecule has 5 heteroatoms. The maximum atomic E-state index is 11.8. The van der Waals surface area contributed by atoms with Gasteiger partial charge in [0.2, 0.25) is 5.91 Å². The van der Waals surface area contributed by atoms with Gasteiger partial charge in [0, 0.05) is 23.8 Å². The summed E-state index contributed by atoms with van der Waals surface area (Å²) in [7, 11) is 0. The third-order valence-corrected chi connectivity index (χ3v) is 3.18. The number of anilines is 1. The van der Waals surface area contributed by atoms with E-state index in [1.165, 1.54) is 0 Å². The Morgan fingerprint density at radius 1 is 1.41 bits per heavy atom. The Morgan fingerprint density at radius 3 is 2.76 bits per heavy atom. The van der Waals surface area contributed by atoms with Crippen molar-refractivity contribution in [2.75, 3.05) is 24.5 Å². The molecule has 3 N–H and O–H groups in total. The van der Waals surface area contributed by atoms with E-state index in [-0.39, 0.29) is 11.9 Å². The lowest BCUT2D eigenvalue weighted by atomic mass is 10.1. The largest absolute Gasteiger partial charge is 0.358 e. The number of benzene rings is 1. The van der Waals surface area contributed by atoms with Gasteiger partial charge in [0.25, 0.3) is 0 Å². The highest BCUT2D eigenvalue weighted by atomic mass is 35.5. The number of rotatable bonds is 3. The summed E-state index contributed by atoms with van der Waals surface area (Å²) in [6.45, 7) is 1.97. The van der Waals surface area contributed by atoms with Gasteiger partial charge in [-0.15, -0.1) is 0 Å². The van der Waals surface area contributed by atoms with Gasteiger partial charge in [-0.1, -0.05) is 11.6 Å². The van der Waals surface area contributed by atoms with E-state index in [0.29, 0.717) is 24.5 Å². The van der Waals surface area contributed by atoms with Crippen molar-refractivity contribution in [2.45, 2.75) is 12.5 Å². The summed E-state index contributed by atoms with van der Waals surface area (Å²) in [5.41, 5.74) is 6.57. The predicted molar refractivity (Wildman–Crippen MR) is 69.3 cm³/mol. The second-order valence-corrected chi connectivity index (χ2v) is 4.49. The van der Waals surface area contributed by atoms with E-state index in [2.05, 4.69) is 10.2 Å². The molecule has 0 aliphatic carbocycles. The highest BCUT2D eigenvalue weighted by molar-refractivity contribution is 6.30. The minimum absolute atomic E-state index is 0.0525. The summed E-state index contributed by atoms with van der Waals surface area (Å²) < 4.78 is 0. The van der Waals surface area contributed by atoms with Crippen LogP contribution < -0.4 is 16.0 Å². The molecule has 4 nitrogen and oxygen atoms in total. The van der Waals surface area contributed by atoms with Gasteiger partial charge in [0.05, 0.1) is 0 Å². The number of nitrogens with zero attached hydrogens (tertiary/aromatic N) is 1. The molecule has 0 spiro atoms. The van der Waals surface area contributed by atoms with E-state index in [1.54, 1.807) is 0 Å². The van der Waals surface area contributed by atoms with Crippen LogP contribution in [0, 0.1) is 0 Å². The van der Waals surface area contributed by atoms with Gasteiger partial charge in [-0.05, 0) is 37.2 Å². The van der Waals surface area contributed by atoms with E-state index in [4.69, 9.17) is 17.3 Å². The van der Waals surface area contributed by atoms with Crippen LogP contribution in [0.3, 0.4) is 0 Å². The first-order valence-corrected chi connectivity index (χ1v) is 6.10. The van der Waals surface area contributed by atoms with Crippen LogP contribution >= 0.6 is 11.6 Å². The average molecular weight is 254 g/mol.